The van der Waals surface area contributed by atoms with Crippen molar-refractivity contribution in [1.82, 2.24) is 0 Å². The number of amides is 2. The molecule has 1 fully saturated rings. The minimum atomic E-state index is -0.386. The van der Waals surface area contributed by atoms with E-state index < -0.39 is 0 Å². The minimum Gasteiger partial charge on any atom is -0.493 e. The normalized spacial score (nSPS) is 14.6. The first-order valence-electron chi connectivity index (χ1n) is 11.0. The number of rotatable bonds is 7. The Morgan fingerprint density at radius 3 is 2.51 bits per heavy atom. The van der Waals surface area contributed by atoms with Crippen LogP contribution in [0.25, 0.3) is 6.08 Å². The van der Waals surface area contributed by atoms with Crippen LogP contribution in [0.5, 0.6) is 5.75 Å². The van der Waals surface area contributed by atoms with E-state index in [0.29, 0.717) is 38.7 Å². The molecule has 0 unspecified atom stereocenters. The highest BCUT2D eigenvalue weighted by molar-refractivity contribution is 8.27. The molecule has 0 bridgehead atoms. The lowest BCUT2D eigenvalue weighted by Crippen LogP contribution is -2.27. The van der Waals surface area contributed by atoms with Gasteiger partial charge in [0.05, 0.1) is 17.2 Å². The fraction of sp³-hybridized carbons (Fsp3) is 0.148. The lowest BCUT2D eigenvalue weighted by Gasteiger charge is -2.15. The quantitative estimate of drug-likeness (QED) is 0.292. The summed E-state index contributed by atoms with van der Waals surface area (Å²) in [4.78, 5) is 27.7. The van der Waals surface area contributed by atoms with E-state index in [1.165, 1.54) is 40.9 Å². The van der Waals surface area contributed by atoms with Crippen molar-refractivity contribution in [2.24, 2.45) is 5.92 Å². The number of carbonyl (C=O) groups excluding carboxylic acids is 2. The van der Waals surface area contributed by atoms with Crippen molar-refractivity contribution >= 4 is 57.6 Å². The molecule has 1 aliphatic rings. The third kappa shape index (κ3) is 6.15. The molecule has 1 heterocycles. The highest BCUT2D eigenvalue weighted by Gasteiger charge is 2.33. The maximum atomic E-state index is 13.2. The Hall–Kier alpha value is -3.49. The summed E-state index contributed by atoms with van der Waals surface area (Å²) in [5.41, 5.74) is 2.17. The van der Waals surface area contributed by atoms with Crippen LogP contribution in [-0.4, -0.2) is 22.7 Å². The topological polar surface area (TPSA) is 58.6 Å². The summed E-state index contributed by atoms with van der Waals surface area (Å²) in [6, 6.07) is 19.7. The van der Waals surface area contributed by atoms with E-state index in [1.54, 1.807) is 30.3 Å². The van der Waals surface area contributed by atoms with Gasteiger partial charge in [-0.05, 0) is 72.2 Å². The van der Waals surface area contributed by atoms with Gasteiger partial charge in [0.25, 0.3) is 11.8 Å². The molecule has 5 nitrogen and oxygen atoms in total. The molecule has 0 aromatic heterocycles. The number of carbonyl (C=O) groups is 2. The standard InChI is InChI=1S/C27H23FN2O3S2/c1-17(2)16-33-23-12-6-18(7-13-23)14-24-26(32)30(27(34)35-24)22-5-3-4-19(15-22)25(31)29-21-10-8-20(28)9-11-21/h3-15,17H,16H2,1-2H3,(H,29,31)/b24-14+. The zero-order valence-electron chi connectivity index (χ0n) is 19.2. The maximum Gasteiger partial charge on any atom is 0.270 e. The summed E-state index contributed by atoms with van der Waals surface area (Å²) in [5, 5.41) is 2.72. The third-order valence-corrected chi connectivity index (χ3v) is 6.33. The Labute approximate surface area is 213 Å². The Balaban J connectivity index is 1.49. The van der Waals surface area contributed by atoms with E-state index in [1.807, 2.05) is 24.3 Å². The zero-order valence-corrected chi connectivity index (χ0v) is 20.8. The monoisotopic (exact) mass is 506 g/mol. The van der Waals surface area contributed by atoms with E-state index in [4.69, 9.17) is 17.0 Å². The molecule has 35 heavy (non-hydrogen) atoms. The fourth-order valence-corrected chi connectivity index (χ4v) is 4.59. The molecule has 0 saturated carbocycles. The van der Waals surface area contributed by atoms with Gasteiger partial charge in [0.1, 0.15) is 11.6 Å². The van der Waals surface area contributed by atoms with Crippen LogP contribution in [0, 0.1) is 11.7 Å². The van der Waals surface area contributed by atoms with Crippen molar-refractivity contribution in [2.75, 3.05) is 16.8 Å². The highest BCUT2D eigenvalue weighted by Crippen LogP contribution is 2.36. The predicted molar refractivity (Wildman–Crippen MR) is 143 cm³/mol. The smallest absolute Gasteiger partial charge is 0.270 e. The number of thioether (sulfide) groups is 1. The second kappa shape index (κ2) is 10.8. The van der Waals surface area contributed by atoms with Gasteiger partial charge in [-0.1, -0.05) is 56.0 Å². The first kappa shape index (κ1) is 24.6. The van der Waals surface area contributed by atoms with Crippen LogP contribution < -0.4 is 15.0 Å². The summed E-state index contributed by atoms with van der Waals surface area (Å²) in [6.07, 6.45) is 1.79. The number of hydrogen-bond donors (Lipinski definition) is 1. The van der Waals surface area contributed by atoms with Crippen LogP contribution in [0.1, 0.15) is 29.8 Å². The summed E-state index contributed by atoms with van der Waals surface area (Å²) in [6.45, 7) is 4.81. The van der Waals surface area contributed by atoms with E-state index in [0.717, 1.165) is 11.3 Å². The van der Waals surface area contributed by atoms with Crippen LogP contribution >= 0.6 is 24.0 Å². The largest absolute Gasteiger partial charge is 0.493 e. The van der Waals surface area contributed by atoms with E-state index in [-0.39, 0.29) is 17.6 Å². The van der Waals surface area contributed by atoms with Gasteiger partial charge in [0.15, 0.2) is 4.32 Å². The SMILES string of the molecule is CC(C)COc1ccc(/C=C2/SC(=S)N(c3cccc(C(=O)Nc4ccc(F)cc4)c3)C2=O)cc1. The van der Waals surface area contributed by atoms with Gasteiger partial charge >= 0.3 is 0 Å². The molecule has 2 amide bonds. The number of hydrogen-bond acceptors (Lipinski definition) is 5. The molecule has 1 saturated heterocycles. The van der Waals surface area contributed by atoms with Crippen LogP contribution in [0.2, 0.25) is 0 Å². The average molecular weight is 507 g/mol. The van der Waals surface area contributed by atoms with Crippen LogP contribution in [-0.2, 0) is 4.79 Å². The first-order chi connectivity index (χ1) is 16.8. The van der Waals surface area contributed by atoms with Gasteiger partial charge in [-0.3, -0.25) is 14.5 Å². The molecular weight excluding hydrogens is 483 g/mol. The molecule has 0 radical (unpaired) electrons. The summed E-state index contributed by atoms with van der Waals surface area (Å²) in [7, 11) is 0. The number of ether oxygens (including phenoxy) is 1. The molecule has 0 atom stereocenters. The molecule has 178 valence electrons. The number of nitrogens with zero attached hydrogens (tertiary/aromatic N) is 1. The molecule has 3 aromatic carbocycles. The van der Waals surface area contributed by atoms with Gasteiger partial charge in [-0.25, -0.2) is 4.39 Å². The summed E-state index contributed by atoms with van der Waals surface area (Å²) < 4.78 is 19.2. The van der Waals surface area contributed by atoms with Gasteiger partial charge in [0.2, 0.25) is 0 Å². The molecule has 1 N–H and O–H groups in total. The average Bonchev–Trinajstić information content (AvgIpc) is 3.12. The summed E-state index contributed by atoms with van der Waals surface area (Å²) >= 11 is 6.68. The second-order valence-corrected chi connectivity index (χ2v) is 9.98. The van der Waals surface area contributed by atoms with Crippen molar-refractivity contribution in [1.29, 1.82) is 0 Å². The molecule has 0 aliphatic carbocycles. The minimum absolute atomic E-state index is 0.253. The van der Waals surface area contributed by atoms with Gasteiger partial charge in [-0.15, -0.1) is 0 Å². The van der Waals surface area contributed by atoms with E-state index in [9.17, 15) is 14.0 Å². The van der Waals surface area contributed by atoms with Crippen LogP contribution in [0.3, 0.4) is 0 Å². The molecule has 1 aliphatic heterocycles. The highest BCUT2D eigenvalue weighted by atomic mass is 32.2. The lowest BCUT2D eigenvalue weighted by atomic mass is 10.1. The van der Waals surface area contributed by atoms with Gasteiger partial charge in [-0.2, -0.15) is 0 Å². The number of anilines is 2. The maximum absolute atomic E-state index is 13.2. The van der Waals surface area contributed by atoms with Crippen LogP contribution in [0.15, 0.2) is 77.7 Å². The lowest BCUT2D eigenvalue weighted by molar-refractivity contribution is -0.113. The number of halogens is 1. The molecule has 3 aromatic rings. The Bertz CT molecular complexity index is 1290. The van der Waals surface area contributed by atoms with Crippen molar-refractivity contribution in [3.05, 3.63) is 94.6 Å². The fourth-order valence-electron chi connectivity index (χ4n) is 3.29. The Morgan fingerprint density at radius 1 is 1.11 bits per heavy atom. The first-order valence-corrected chi connectivity index (χ1v) is 12.2. The molecule has 8 heteroatoms. The molecule has 4 rings (SSSR count). The van der Waals surface area contributed by atoms with E-state index in [2.05, 4.69) is 19.2 Å². The number of benzene rings is 3. The third-order valence-electron chi connectivity index (χ3n) is 5.02. The van der Waals surface area contributed by atoms with Crippen molar-refractivity contribution in [3.8, 4) is 5.75 Å². The number of nitrogens with one attached hydrogen (secondary N) is 1. The van der Waals surface area contributed by atoms with E-state index >= 15 is 0 Å². The van der Waals surface area contributed by atoms with Crippen molar-refractivity contribution in [3.63, 3.8) is 0 Å². The summed E-state index contributed by atoms with van der Waals surface area (Å²) in [5.74, 6) is 0.196. The van der Waals surface area contributed by atoms with Crippen LogP contribution in [0.4, 0.5) is 15.8 Å². The zero-order chi connectivity index (χ0) is 24.9. The molecular formula is C27H23FN2O3S2. The Morgan fingerprint density at radius 2 is 1.83 bits per heavy atom. The number of thiocarbonyl (C=S) groups is 1. The van der Waals surface area contributed by atoms with Gasteiger partial charge < -0.3 is 10.1 Å². The Kier molecular flexibility index (Phi) is 7.63. The van der Waals surface area contributed by atoms with Gasteiger partial charge in [0, 0.05) is 11.3 Å². The van der Waals surface area contributed by atoms with Crippen molar-refractivity contribution in [2.45, 2.75) is 13.8 Å². The van der Waals surface area contributed by atoms with Crippen molar-refractivity contribution < 1.29 is 18.7 Å². The second-order valence-electron chi connectivity index (χ2n) is 8.30. The molecule has 0 spiro atoms. The predicted octanol–water partition coefficient (Wildman–Crippen LogP) is 6.52.